The Morgan fingerprint density at radius 1 is 1.14 bits per heavy atom. The van der Waals surface area contributed by atoms with Gasteiger partial charge in [-0.2, -0.15) is 0 Å². The third-order valence-corrected chi connectivity index (χ3v) is 3.21. The summed E-state index contributed by atoms with van der Waals surface area (Å²) in [5.74, 6) is 0. The molecule has 1 heteroatoms. The quantitative estimate of drug-likeness (QED) is 0.722. The van der Waals surface area contributed by atoms with Crippen molar-refractivity contribution < 1.29 is 0 Å². The first-order valence-electron chi connectivity index (χ1n) is 5.41. The lowest BCUT2D eigenvalue weighted by Gasteiger charge is -2.23. The van der Waals surface area contributed by atoms with Gasteiger partial charge in [-0.3, -0.25) is 0 Å². The third-order valence-electron chi connectivity index (χ3n) is 3.21. The average Bonchev–Trinajstić information content (AvgIpc) is 2.50. The number of hydrogen-bond donors (Lipinski definition) is 1. The van der Waals surface area contributed by atoms with Crippen LogP contribution in [-0.4, -0.2) is 0 Å². The van der Waals surface area contributed by atoms with Gasteiger partial charge >= 0.3 is 0 Å². The summed E-state index contributed by atoms with van der Waals surface area (Å²) >= 11 is 0. The van der Waals surface area contributed by atoms with Crippen LogP contribution >= 0.6 is 0 Å². The molecular weight excluding hydrogens is 170 g/mol. The predicted molar refractivity (Wildman–Crippen MR) is 60.4 cm³/mol. The lowest BCUT2D eigenvalue weighted by Crippen LogP contribution is -2.30. The molecule has 0 fully saturated rings. The zero-order chi connectivity index (χ0) is 10.3. The summed E-state index contributed by atoms with van der Waals surface area (Å²) in [5, 5.41) is 0. The summed E-state index contributed by atoms with van der Waals surface area (Å²) < 4.78 is 0. The molecule has 0 spiro atoms. The van der Waals surface area contributed by atoms with Gasteiger partial charge < -0.3 is 5.73 Å². The second-order valence-corrected chi connectivity index (χ2v) is 4.96. The standard InChI is InChI=1S/C13H19N/c1-9-7-8-12(13(2,3)14)11-6-4-5-10(9)11/h7-8H,4-6,14H2,1-3H3. The summed E-state index contributed by atoms with van der Waals surface area (Å²) in [5.41, 5.74) is 11.8. The van der Waals surface area contributed by atoms with Crippen molar-refractivity contribution in [2.45, 2.75) is 45.6 Å². The molecule has 0 saturated carbocycles. The van der Waals surface area contributed by atoms with Gasteiger partial charge in [0.15, 0.2) is 0 Å². The normalized spacial score (nSPS) is 15.7. The predicted octanol–water partition coefficient (Wildman–Crippen LogP) is 2.68. The van der Waals surface area contributed by atoms with Crippen LogP contribution in [0.1, 0.15) is 42.5 Å². The maximum absolute atomic E-state index is 6.18. The number of nitrogens with two attached hydrogens (primary N) is 1. The van der Waals surface area contributed by atoms with Crippen LogP contribution in [-0.2, 0) is 18.4 Å². The van der Waals surface area contributed by atoms with Crippen LogP contribution in [0.15, 0.2) is 12.1 Å². The van der Waals surface area contributed by atoms with Crippen LogP contribution in [0.2, 0.25) is 0 Å². The summed E-state index contributed by atoms with van der Waals surface area (Å²) in [7, 11) is 0. The minimum atomic E-state index is -0.192. The van der Waals surface area contributed by atoms with Crippen LogP contribution in [0, 0.1) is 6.92 Å². The largest absolute Gasteiger partial charge is 0.322 e. The molecule has 14 heavy (non-hydrogen) atoms. The fourth-order valence-electron chi connectivity index (χ4n) is 2.49. The monoisotopic (exact) mass is 189 g/mol. The first-order valence-corrected chi connectivity index (χ1v) is 5.41. The minimum absolute atomic E-state index is 0.192. The fourth-order valence-corrected chi connectivity index (χ4v) is 2.49. The Labute approximate surface area is 86.3 Å². The molecule has 1 aromatic rings. The van der Waals surface area contributed by atoms with E-state index in [0.29, 0.717) is 0 Å². The third kappa shape index (κ3) is 1.46. The van der Waals surface area contributed by atoms with Crippen molar-refractivity contribution in [1.29, 1.82) is 0 Å². The van der Waals surface area contributed by atoms with E-state index in [4.69, 9.17) is 5.73 Å². The highest BCUT2D eigenvalue weighted by molar-refractivity contribution is 5.45. The number of aryl methyl sites for hydroxylation is 1. The highest BCUT2D eigenvalue weighted by atomic mass is 14.7. The zero-order valence-corrected chi connectivity index (χ0v) is 9.35. The van der Waals surface area contributed by atoms with E-state index < -0.39 is 0 Å². The first-order chi connectivity index (χ1) is 6.50. The molecule has 0 atom stereocenters. The second kappa shape index (κ2) is 3.09. The van der Waals surface area contributed by atoms with Crippen LogP contribution < -0.4 is 5.73 Å². The average molecular weight is 189 g/mol. The SMILES string of the molecule is Cc1ccc(C(C)(C)N)c2c1CCC2. The van der Waals surface area contributed by atoms with Crippen LogP contribution in [0.4, 0.5) is 0 Å². The van der Waals surface area contributed by atoms with Crippen molar-refractivity contribution in [2.75, 3.05) is 0 Å². The second-order valence-electron chi connectivity index (χ2n) is 4.96. The number of fused-ring (bicyclic) bond motifs is 1. The smallest absolute Gasteiger partial charge is 0.0355 e. The summed E-state index contributed by atoms with van der Waals surface area (Å²) in [6.45, 7) is 6.39. The molecular formula is C13H19N. The molecule has 0 aromatic heterocycles. The molecule has 0 bridgehead atoms. The molecule has 1 aliphatic carbocycles. The Kier molecular flexibility index (Phi) is 2.15. The van der Waals surface area contributed by atoms with Crippen LogP contribution in [0.3, 0.4) is 0 Å². The van der Waals surface area contributed by atoms with Gasteiger partial charge in [0.25, 0.3) is 0 Å². The van der Waals surface area contributed by atoms with Crippen molar-refractivity contribution >= 4 is 0 Å². The molecule has 0 saturated heterocycles. The van der Waals surface area contributed by atoms with Gasteiger partial charge in [-0.25, -0.2) is 0 Å². The molecule has 2 N–H and O–H groups in total. The lowest BCUT2D eigenvalue weighted by molar-refractivity contribution is 0.548. The van der Waals surface area contributed by atoms with Crippen LogP contribution in [0.5, 0.6) is 0 Å². The molecule has 76 valence electrons. The number of hydrogen-bond acceptors (Lipinski definition) is 1. The van der Waals surface area contributed by atoms with Crippen LogP contribution in [0.25, 0.3) is 0 Å². The van der Waals surface area contributed by atoms with Gasteiger partial charge in [-0.05, 0) is 62.3 Å². The van der Waals surface area contributed by atoms with Gasteiger partial charge in [-0.1, -0.05) is 12.1 Å². The summed E-state index contributed by atoms with van der Waals surface area (Å²) in [6, 6.07) is 4.42. The topological polar surface area (TPSA) is 26.0 Å². The zero-order valence-electron chi connectivity index (χ0n) is 9.35. The molecule has 1 aliphatic rings. The van der Waals surface area contributed by atoms with Gasteiger partial charge in [0.2, 0.25) is 0 Å². The van der Waals surface area contributed by atoms with E-state index in [1.807, 2.05) is 0 Å². The highest BCUT2D eigenvalue weighted by Gasteiger charge is 2.23. The highest BCUT2D eigenvalue weighted by Crippen LogP contribution is 2.32. The van der Waals surface area contributed by atoms with Gasteiger partial charge in [-0.15, -0.1) is 0 Å². The number of benzene rings is 1. The summed E-state index contributed by atoms with van der Waals surface area (Å²) in [6.07, 6.45) is 3.75. The Balaban J connectivity index is 2.60. The molecule has 0 heterocycles. The molecule has 0 amide bonds. The van der Waals surface area contributed by atoms with E-state index in [2.05, 4.69) is 32.9 Å². The summed E-state index contributed by atoms with van der Waals surface area (Å²) in [4.78, 5) is 0. The Morgan fingerprint density at radius 2 is 1.79 bits per heavy atom. The molecule has 0 radical (unpaired) electrons. The molecule has 0 aliphatic heterocycles. The fraction of sp³-hybridized carbons (Fsp3) is 0.538. The van der Waals surface area contributed by atoms with E-state index in [1.54, 1.807) is 5.56 Å². The maximum atomic E-state index is 6.18. The van der Waals surface area contributed by atoms with E-state index in [9.17, 15) is 0 Å². The molecule has 1 aromatic carbocycles. The molecule has 1 nitrogen and oxygen atoms in total. The van der Waals surface area contributed by atoms with Crippen molar-refractivity contribution in [2.24, 2.45) is 5.73 Å². The van der Waals surface area contributed by atoms with E-state index >= 15 is 0 Å². The lowest BCUT2D eigenvalue weighted by atomic mass is 9.87. The van der Waals surface area contributed by atoms with Crippen molar-refractivity contribution in [3.63, 3.8) is 0 Å². The Morgan fingerprint density at radius 3 is 2.43 bits per heavy atom. The van der Waals surface area contributed by atoms with Gasteiger partial charge in [0.1, 0.15) is 0 Å². The van der Waals surface area contributed by atoms with E-state index in [0.717, 1.165) is 0 Å². The maximum Gasteiger partial charge on any atom is 0.0355 e. The van der Waals surface area contributed by atoms with Crippen molar-refractivity contribution in [1.82, 2.24) is 0 Å². The minimum Gasteiger partial charge on any atom is -0.322 e. The first kappa shape index (κ1) is 9.72. The Bertz CT molecular complexity index is 358. The van der Waals surface area contributed by atoms with Crippen molar-refractivity contribution in [3.05, 3.63) is 34.4 Å². The number of rotatable bonds is 1. The Hall–Kier alpha value is -0.820. The molecule has 0 unspecified atom stereocenters. The van der Waals surface area contributed by atoms with Crippen molar-refractivity contribution in [3.8, 4) is 0 Å². The molecule has 2 rings (SSSR count). The van der Waals surface area contributed by atoms with E-state index in [-0.39, 0.29) is 5.54 Å². The van der Waals surface area contributed by atoms with E-state index in [1.165, 1.54) is 36.0 Å². The van der Waals surface area contributed by atoms with Gasteiger partial charge in [0.05, 0.1) is 0 Å². The van der Waals surface area contributed by atoms with Gasteiger partial charge in [0, 0.05) is 5.54 Å².